The number of nitrogens with zero attached hydrogens (tertiary/aromatic N) is 1. The maximum atomic E-state index is 6.37. The Morgan fingerprint density at radius 1 is 1.47 bits per heavy atom. The molecule has 0 saturated heterocycles. The number of thiazole rings is 1. The van der Waals surface area contributed by atoms with Crippen LogP contribution in [0.4, 0.5) is 5.13 Å². The lowest BCUT2D eigenvalue weighted by Gasteiger charge is -2.11. The van der Waals surface area contributed by atoms with Crippen molar-refractivity contribution in [3.8, 4) is 5.75 Å². The summed E-state index contributed by atoms with van der Waals surface area (Å²) in [5.74, 6) is 0.813. The van der Waals surface area contributed by atoms with Crippen molar-refractivity contribution >= 4 is 38.3 Å². The van der Waals surface area contributed by atoms with Crippen molar-refractivity contribution in [1.29, 1.82) is 0 Å². The zero-order valence-electron chi connectivity index (χ0n) is 11.7. The maximum absolute atomic E-state index is 6.37. The SMILES string of the molecule is CCCNc1nc2c(OC(C)C)cc(C)c(Cl)c2s1. The van der Waals surface area contributed by atoms with Crippen LogP contribution < -0.4 is 10.1 Å². The van der Waals surface area contributed by atoms with Gasteiger partial charge in [-0.3, -0.25) is 0 Å². The van der Waals surface area contributed by atoms with E-state index >= 15 is 0 Å². The molecule has 0 fully saturated rings. The summed E-state index contributed by atoms with van der Waals surface area (Å²) in [6.07, 6.45) is 1.19. The Labute approximate surface area is 122 Å². The Balaban J connectivity index is 2.50. The van der Waals surface area contributed by atoms with Crippen LogP contribution in [0, 0.1) is 6.92 Å². The molecule has 5 heteroatoms. The summed E-state index contributed by atoms with van der Waals surface area (Å²) in [5, 5.41) is 4.98. The number of rotatable bonds is 5. The molecule has 2 rings (SSSR count). The van der Waals surface area contributed by atoms with Gasteiger partial charge in [-0.05, 0) is 38.8 Å². The highest BCUT2D eigenvalue weighted by atomic mass is 35.5. The van der Waals surface area contributed by atoms with E-state index in [1.165, 1.54) is 0 Å². The molecule has 0 saturated carbocycles. The Morgan fingerprint density at radius 2 is 2.21 bits per heavy atom. The lowest BCUT2D eigenvalue weighted by atomic mass is 10.2. The van der Waals surface area contributed by atoms with Gasteiger partial charge in [-0.1, -0.05) is 29.9 Å². The van der Waals surface area contributed by atoms with Crippen molar-refractivity contribution in [2.24, 2.45) is 0 Å². The average molecular weight is 299 g/mol. The highest BCUT2D eigenvalue weighted by Crippen LogP contribution is 2.39. The summed E-state index contributed by atoms with van der Waals surface area (Å²) >= 11 is 7.95. The van der Waals surface area contributed by atoms with Crippen molar-refractivity contribution in [3.63, 3.8) is 0 Å². The fourth-order valence-electron chi connectivity index (χ4n) is 1.79. The summed E-state index contributed by atoms with van der Waals surface area (Å²) in [6, 6.07) is 1.97. The minimum atomic E-state index is 0.123. The molecule has 0 aliphatic heterocycles. The van der Waals surface area contributed by atoms with Gasteiger partial charge in [-0.15, -0.1) is 0 Å². The topological polar surface area (TPSA) is 34.2 Å². The highest BCUT2D eigenvalue weighted by molar-refractivity contribution is 7.22. The second-order valence-electron chi connectivity index (χ2n) is 4.80. The molecule has 0 aliphatic carbocycles. The van der Waals surface area contributed by atoms with Gasteiger partial charge in [0.25, 0.3) is 0 Å². The van der Waals surface area contributed by atoms with Crippen molar-refractivity contribution in [3.05, 3.63) is 16.7 Å². The highest BCUT2D eigenvalue weighted by Gasteiger charge is 2.15. The Hall–Kier alpha value is -1.000. The third-order valence-corrected chi connectivity index (χ3v) is 4.27. The van der Waals surface area contributed by atoms with Crippen LogP contribution in [0.3, 0.4) is 0 Å². The summed E-state index contributed by atoms with van der Waals surface area (Å²) in [7, 11) is 0. The van der Waals surface area contributed by atoms with E-state index in [4.69, 9.17) is 16.3 Å². The molecule has 0 unspecified atom stereocenters. The lowest BCUT2D eigenvalue weighted by molar-refractivity contribution is 0.245. The molecular weight excluding hydrogens is 280 g/mol. The third kappa shape index (κ3) is 3.12. The van der Waals surface area contributed by atoms with Gasteiger partial charge in [0.05, 0.1) is 15.8 Å². The average Bonchev–Trinajstić information content (AvgIpc) is 2.77. The molecule has 0 amide bonds. The van der Waals surface area contributed by atoms with Gasteiger partial charge in [-0.2, -0.15) is 0 Å². The summed E-state index contributed by atoms with van der Waals surface area (Å²) in [5.41, 5.74) is 1.88. The molecule has 1 heterocycles. The van der Waals surface area contributed by atoms with Gasteiger partial charge in [0, 0.05) is 6.54 Å². The molecule has 0 aliphatic rings. The standard InChI is InChI=1S/C14H19ClN2OS/c1-5-6-16-14-17-12-10(18-8(2)3)7-9(4)11(15)13(12)19-14/h7-8H,5-6H2,1-4H3,(H,16,17). The fraction of sp³-hybridized carbons (Fsp3) is 0.500. The largest absolute Gasteiger partial charge is 0.489 e. The number of anilines is 1. The summed E-state index contributed by atoms with van der Waals surface area (Å²) in [6.45, 7) is 9.06. The minimum Gasteiger partial charge on any atom is -0.489 e. The number of hydrogen-bond acceptors (Lipinski definition) is 4. The van der Waals surface area contributed by atoms with Crippen LogP contribution in [0.25, 0.3) is 10.2 Å². The van der Waals surface area contributed by atoms with Crippen molar-refractivity contribution in [2.75, 3.05) is 11.9 Å². The number of hydrogen-bond donors (Lipinski definition) is 1. The van der Waals surface area contributed by atoms with Gasteiger partial charge < -0.3 is 10.1 Å². The van der Waals surface area contributed by atoms with E-state index in [2.05, 4.69) is 17.2 Å². The van der Waals surface area contributed by atoms with E-state index in [1.807, 2.05) is 26.8 Å². The number of fused-ring (bicyclic) bond motifs is 1. The van der Waals surface area contributed by atoms with Gasteiger partial charge in [-0.25, -0.2) is 4.98 Å². The Kier molecular flexibility index (Phi) is 4.53. The second-order valence-corrected chi connectivity index (χ2v) is 6.17. The quantitative estimate of drug-likeness (QED) is 0.855. The maximum Gasteiger partial charge on any atom is 0.183 e. The van der Waals surface area contributed by atoms with Gasteiger partial charge >= 0.3 is 0 Å². The number of aromatic nitrogens is 1. The fourth-order valence-corrected chi connectivity index (χ4v) is 3.05. The third-order valence-electron chi connectivity index (χ3n) is 2.64. The molecule has 2 aromatic rings. The normalized spacial score (nSPS) is 11.3. The monoisotopic (exact) mass is 298 g/mol. The minimum absolute atomic E-state index is 0.123. The van der Waals surface area contributed by atoms with Crippen molar-refractivity contribution in [2.45, 2.75) is 40.2 Å². The zero-order chi connectivity index (χ0) is 14.0. The van der Waals surface area contributed by atoms with Gasteiger partial charge in [0.1, 0.15) is 11.3 Å². The van der Waals surface area contributed by atoms with Crippen LogP contribution in [0.15, 0.2) is 6.07 Å². The molecule has 0 spiro atoms. The van der Waals surface area contributed by atoms with Crippen LogP contribution in [-0.2, 0) is 0 Å². The molecule has 0 bridgehead atoms. The van der Waals surface area contributed by atoms with E-state index in [0.717, 1.165) is 44.6 Å². The van der Waals surface area contributed by atoms with Crippen molar-refractivity contribution < 1.29 is 4.74 Å². The van der Waals surface area contributed by atoms with Crippen LogP contribution in [0.5, 0.6) is 5.75 Å². The molecule has 104 valence electrons. The van der Waals surface area contributed by atoms with Crippen molar-refractivity contribution in [1.82, 2.24) is 4.98 Å². The molecule has 3 nitrogen and oxygen atoms in total. The first-order chi connectivity index (χ1) is 9.02. The summed E-state index contributed by atoms with van der Waals surface area (Å²) in [4.78, 5) is 4.60. The molecular formula is C14H19ClN2OS. The first-order valence-corrected chi connectivity index (χ1v) is 7.72. The smallest absolute Gasteiger partial charge is 0.183 e. The second kappa shape index (κ2) is 5.97. The van der Waals surface area contributed by atoms with Crippen LogP contribution in [0.1, 0.15) is 32.8 Å². The lowest BCUT2D eigenvalue weighted by Crippen LogP contribution is -2.06. The van der Waals surface area contributed by atoms with Gasteiger partial charge in [0.15, 0.2) is 5.13 Å². The molecule has 19 heavy (non-hydrogen) atoms. The summed E-state index contributed by atoms with van der Waals surface area (Å²) < 4.78 is 6.84. The zero-order valence-corrected chi connectivity index (χ0v) is 13.3. The number of aryl methyl sites for hydroxylation is 1. The van der Waals surface area contributed by atoms with Gasteiger partial charge in [0.2, 0.25) is 0 Å². The van der Waals surface area contributed by atoms with E-state index in [0.29, 0.717) is 0 Å². The molecule has 1 aromatic carbocycles. The van der Waals surface area contributed by atoms with Crippen LogP contribution >= 0.6 is 22.9 Å². The van der Waals surface area contributed by atoms with E-state index in [-0.39, 0.29) is 6.10 Å². The first-order valence-electron chi connectivity index (χ1n) is 6.53. The first kappa shape index (κ1) is 14.4. The van der Waals surface area contributed by atoms with E-state index < -0.39 is 0 Å². The number of halogens is 1. The molecule has 1 N–H and O–H groups in total. The molecule has 0 atom stereocenters. The Morgan fingerprint density at radius 3 is 2.84 bits per heavy atom. The predicted molar refractivity (Wildman–Crippen MR) is 83.9 cm³/mol. The molecule has 1 aromatic heterocycles. The van der Waals surface area contributed by atoms with E-state index in [9.17, 15) is 0 Å². The van der Waals surface area contributed by atoms with E-state index in [1.54, 1.807) is 11.3 Å². The number of ether oxygens (including phenoxy) is 1. The van der Waals surface area contributed by atoms with Crippen LogP contribution in [-0.4, -0.2) is 17.6 Å². The predicted octanol–water partition coefficient (Wildman–Crippen LogP) is 4.87. The number of benzene rings is 1. The Bertz CT molecular complexity index is 580. The molecule has 0 radical (unpaired) electrons. The number of nitrogens with one attached hydrogen (secondary N) is 1. The van der Waals surface area contributed by atoms with Crippen LogP contribution in [0.2, 0.25) is 5.02 Å².